The molecule has 0 atom stereocenters. The third-order valence-electron chi connectivity index (χ3n) is 2.71. The number of nitriles is 1. The van der Waals surface area contributed by atoms with Crippen LogP contribution in [0.3, 0.4) is 0 Å². The zero-order valence-electron chi connectivity index (χ0n) is 9.57. The highest BCUT2D eigenvalue weighted by molar-refractivity contribution is 5.64. The van der Waals surface area contributed by atoms with E-state index in [1.807, 2.05) is 43.3 Å². The minimum Gasteiger partial charge on any atom is -0.207 e. The molecule has 0 aliphatic rings. The fourth-order valence-electron chi connectivity index (χ4n) is 1.70. The van der Waals surface area contributed by atoms with Gasteiger partial charge in [0.25, 0.3) is 0 Å². The van der Waals surface area contributed by atoms with Gasteiger partial charge < -0.3 is 0 Å². The monoisotopic (exact) mass is 225 g/mol. The summed E-state index contributed by atoms with van der Waals surface area (Å²) in [6.45, 7) is 2.01. The molecule has 0 amide bonds. The molecule has 2 aromatic carbocycles. The first-order valence-corrected chi connectivity index (χ1v) is 5.43. The average Bonchev–Trinajstić information content (AvgIpc) is 2.33. The molecule has 1 nitrogen and oxygen atoms in total. The Bertz CT molecular complexity index is 564. The maximum Gasteiger partial charge on any atom is 0.128 e. The van der Waals surface area contributed by atoms with Crippen molar-refractivity contribution in [3.05, 3.63) is 59.4 Å². The Balaban J connectivity index is 2.38. The van der Waals surface area contributed by atoms with E-state index in [0.717, 1.165) is 11.1 Å². The molecule has 0 aliphatic carbocycles. The fraction of sp³-hybridized carbons (Fsp3) is 0.133. The Hall–Kier alpha value is -2.14. The zero-order valence-corrected chi connectivity index (χ0v) is 9.57. The van der Waals surface area contributed by atoms with E-state index in [0.29, 0.717) is 5.56 Å². The molecular weight excluding hydrogens is 213 g/mol. The van der Waals surface area contributed by atoms with Crippen molar-refractivity contribution in [3.63, 3.8) is 0 Å². The molecule has 2 aromatic rings. The van der Waals surface area contributed by atoms with Crippen LogP contribution < -0.4 is 0 Å². The van der Waals surface area contributed by atoms with Gasteiger partial charge in [0, 0.05) is 5.56 Å². The van der Waals surface area contributed by atoms with Crippen LogP contribution in [0.15, 0.2) is 42.5 Å². The van der Waals surface area contributed by atoms with Crippen molar-refractivity contribution in [1.82, 2.24) is 0 Å². The van der Waals surface area contributed by atoms with Crippen LogP contribution in [-0.2, 0) is 6.42 Å². The molecule has 2 rings (SSSR count). The maximum absolute atomic E-state index is 13.7. The Morgan fingerprint density at radius 3 is 2.29 bits per heavy atom. The smallest absolute Gasteiger partial charge is 0.128 e. The molecule has 0 N–H and O–H groups in total. The topological polar surface area (TPSA) is 23.8 Å². The summed E-state index contributed by atoms with van der Waals surface area (Å²) in [6, 6.07) is 14.9. The molecule has 2 heteroatoms. The molecule has 0 aliphatic heterocycles. The molecular formula is C15H12FN. The average molecular weight is 225 g/mol. The summed E-state index contributed by atoms with van der Waals surface area (Å²) in [7, 11) is 0. The lowest BCUT2D eigenvalue weighted by atomic mass is 10.0. The van der Waals surface area contributed by atoms with Crippen LogP contribution in [0.25, 0.3) is 11.1 Å². The van der Waals surface area contributed by atoms with Gasteiger partial charge in [-0.3, -0.25) is 0 Å². The van der Waals surface area contributed by atoms with Gasteiger partial charge in [0.2, 0.25) is 0 Å². The number of nitrogens with zero attached hydrogens (tertiary/aromatic N) is 1. The number of rotatable bonds is 2. The lowest BCUT2D eigenvalue weighted by Crippen LogP contribution is -1.89. The number of aryl methyl sites for hydroxylation is 1. The highest BCUT2D eigenvalue weighted by Crippen LogP contribution is 2.22. The Labute approximate surface area is 100 Å². The van der Waals surface area contributed by atoms with E-state index in [9.17, 15) is 4.39 Å². The van der Waals surface area contributed by atoms with Crippen LogP contribution in [0.1, 0.15) is 11.1 Å². The zero-order chi connectivity index (χ0) is 12.3. The van der Waals surface area contributed by atoms with Crippen LogP contribution in [0, 0.1) is 24.1 Å². The SMILES string of the molecule is Cc1ccc(-c2ccc(CC#N)c(F)c2)cc1. The second kappa shape index (κ2) is 4.80. The third-order valence-corrected chi connectivity index (χ3v) is 2.71. The highest BCUT2D eigenvalue weighted by atomic mass is 19.1. The predicted molar refractivity (Wildman–Crippen MR) is 65.9 cm³/mol. The van der Waals surface area contributed by atoms with Crippen molar-refractivity contribution < 1.29 is 4.39 Å². The van der Waals surface area contributed by atoms with Crippen molar-refractivity contribution in [2.24, 2.45) is 0 Å². The first kappa shape index (κ1) is 11.3. The van der Waals surface area contributed by atoms with Gasteiger partial charge in [-0.1, -0.05) is 42.0 Å². The van der Waals surface area contributed by atoms with Crippen LogP contribution in [-0.4, -0.2) is 0 Å². The first-order valence-electron chi connectivity index (χ1n) is 5.43. The van der Waals surface area contributed by atoms with E-state index in [1.54, 1.807) is 6.07 Å². The Morgan fingerprint density at radius 1 is 1.06 bits per heavy atom. The molecule has 0 saturated heterocycles. The summed E-state index contributed by atoms with van der Waals surface area (Å²) in [6.07, 6.45) is 0.111. The van der Waals surface area contributed by atoms with Gasteiger partial charge in [0.15, 0.2) is 0 Å². The van der Waals surface area contributed by atoms with E-state index >= 15 is 0 Å². The van der Waals surface area contributed by atoms with E-state index in [1.165, 1.54) is 11.6 Å². The summed E-state index contributed by atoms with van der Waals surface area (Å²) in [5.41, 5.74) is 3.45. The largest absolute Gasteiger partial charge is 0.207 e. The summed E-state index contributed by atoms with van der Waals surface area (Å²) in [4.78, 5) is 0. The molecule has 0 spiro atoms. The predicted octanol–water partition coefficient (Wildman–Crippen LogP) is 3.87. The highest BCUT2D eigenvalue weighted by Gasteiger charge is 2.04. The summed E-state index contributed by atoms with van der Waals surface area (Å²) >= 11 is 0. The van der Waals surface area contributed by atoms with Crippen molar-refractivity contribution >= 4 is 0 Å². The molecule has 17 heavy (non-hydrogen) atoms. The van der Waals surface area contributed by atoms with Crippen LogP contribution >= 0.6 is 0 Å². The van der Waals surface area contributed by atoms with Crippen LogP contribution in [0.2, 0.25) is 0 Å². The van der Waals surface area contributed by atoms with Crippen LogP contribution in [0.4, 0.5) is 4.39 Å². The molecule has 0 aromatic heterocycles. The van der Waals surface area contributed by atoms with Gasteiger partial charge in [-0.2, -0.15) is 5.26 Å². The minimum absolute atomic E-state index is 0.111. The Kier molecular flexibility index (Phi) is 3.20. The first-order chi connectivity index (χ1) is 8.20. The second-order valence-corrected chi connectivity index (χ2v) is 4.01. The minimum atomic E-state index is -0.315. The quantitative estimate of drug-likeness (QED) is 0.761. The van der Waals surface area contributed by atoms with E-state index < -0.39 is 0 Å². The fourth-order valence-corrected chi connectivity index (χ4v) is 1.70. The van der Waals surface area contributed by atoms with Gasteiger partial charge in [-0.05, 0) is 24.1 Å². The van der Waals surface area contributed by atoms with Gasteiger partial charge in [-0.15, -0.1) is 0 Å². The second-order valence-electron chi connectivity index (χ2n) is 4.01. The molecule has 0 heterocycles. The molecule has 0 bridgehead atoms. The number of benzene rings is 2. The summed E-state index contributed by atoms with van der Waals surface area (Å²) < 4.78 is 13.7. The van der Waals surface area contributed by atoms with Gasteiger partial charge in [0.1, 0.15) is 5.82 Å². The lowest BCUT2D eigenvalue weighted by molar-refractivity contribution is 0.616. The van der Waals surface area contributed by atoms with E-state index in [4.69, 9.17) is 5.26 Å². The van der Waals surface area contributed by atoms with Crippen molar-refractivity contribution in [3.8, 4) is 17.2 Å². The molecule has 0 fully saturated rings. The standard InChI is InChI=1S/C15H12FN/c1-11-2-4-12(5-3-11)14-7-6-13(8-9-17)15(16)10-14/h2-7,10H,8H2,1H3. The summed E-state index contributed by atoms with van der Waals surface area (Å²) in [5.74, 6) is -0.315. The van der Waals surface area contributed by atoms with Crippen molar-refractivity contribution in [2.45, 2.75) is 13.3 Å². The molecule has 0 saturated carbocycles. The third kappa shape index (κ3) is 2.51. The lowest BCUT2D eigenvalue weighted by Gasteiger charge is -2.04. The van der Waals surface area contributed by atoms with E-state index in [-0.39, 0.29) is 12.2 Å². The van der Waals surface area contributed by atoms with Crippen molar-refractivity contribution in [2.75, 3.05) is 0 Å². The number of hydrogen-bond donors (Lipinski definition) is 0. The van der Waals surface area contributed by atoms with Crippen LogP contribution in [0.5, 0.6) is 0 Å². The molecule has 84 valence electrons. The van der Waals surface area contributed by atoms with E-state index in [2.05, 4.69) is 0 Å². The van der Waals surface area contributed by atoms with Gasteiger partial charge in [-0.25, -0.2) is 4.39 Å². The molecule has 0 radical (unpaired) electrons. The van der Waals surface area contributed by atoms with Gasteiger partial charge in [0.05, 0.1) is 12.5 Å². The molecule has 0 unspecified atom stereocenters. The normalized spacial score (nSPS) is 9.94. The Morgan fingerprint density at radius 2 is 1.71 bits per heavy atom. The van der Waals surface area contributed by atoms with Crippen molar-refractivity contribution in [1.29, 1.82) is 5.26 Å². The number of halogens is 1. The maximum atomic E-state index is 13.7. The summed E-state index contributed by atoms with van der Waals surface area (Å²) in [5, 5.41) is 8.54. The number of hydrogen-bond acceptors (Lipinski definition) is 1. The van der Waals surface area contributed by atoms with Gasteiger partial charge >= 0.3 is 0 Å².